The van der Waals surface area contributed by atoms with Crippen molar-refractivity contribution in [3.8, 4) is 0 Å². The molecule has 0 heterocycles. The van der Waals surface area contributed by atoms with Gasteiger partial charge in [-0.3, -0.25) is 0 Å². The Kier molecular flexibility index (Phi) is 7.17. The van der Waals surface area contributed by atoms with Crippen LogP contribution in [0.4, 0.5) is 0 Å². The Bertz CT molecular complexity index is 281. The molecule has 2 aliphatic carbocycles. The summed E-state index contributed by atoms with van der Waals surface area (Å²) < 4.78 is 0. The fourth-order valence-electron chi connectivity index (χ4n) is 4.16. The van der Waals surface area contributed by atoms with Crippen molar-refractivity contribution in [3.63, 3.8) is 0 Å². The van der Waals surface area contributed by atoms with Crippen molar-refractivity contribution in [1.82, 2.24) is 4.90 Å². The summed E-state index contributed by atoms with van der Waals surface area (Å²) in [7, 11) is 0. The molecule has 0 aromatic rings. The van der Waals surface area contributed by atoms with E-state index in [1.165, 1.54) is 64.2 Å². The number of aliphatic hydroxyl groups excluding tert-OH is 1. The van der Waals surface area contributed by atoms with Crippen molar-refractivity contribution in [2.24, 2.45) is 11.8 Å². The van der Waals surface area contributed by atoms with E-state index < -0.39 is 11.7 Å². The Morgan fingerprint density at radius 2 is 1.27 bits per heavy atom. The topological polar surface area (TPSA) is 43.7 Å². The third-order valence-electron chi connectivity index (χ3n) is 5.73. The summed E-state index contributed by atoms with van der Waals surface area (Å²) in [6, 6.07) is 0. The Balaban J connectivity index is 1.89. The first-order chi connectivity index (χ1) is 10.4. The first-order valence-electron chi connectivity index (χ1n) is 9.58. The summed E-state index contributed by atoms with van der Waals surface area (Å²) in [6.45, 7) is 6.29. The van der Waals surface area contributed by atoms with E-state index in [1.807, 2.05) is 0 Å². The Morgan fingerprint density at radius 3 is 1.64 bits per heavy atom. The van der Waals surface area contributed by atoms with Crippen molar-refractivity contribution < 1.29 is 10.2 Å². The lowest BCUT2D eigenvalue weighted by Gasteiger charge is -2.36. The molecule has 0 aromatic heterocycles. The summed E-state index contributed by atoms with van der Waals surface area (Å²) in [6.07, 6.45) is 13.0. The minimum Gasteiger partial charge on any atom is -0.389 e. The van der Waals surface area contributed by atoms with Gasteiger partial charge in [0, 0.05) is 19.6 Å². The van der Waals surface area contributed by atoms with Crippen LogP contribution in [0.3, 0.4) is 0 Å². The van der Waals surface area contributed by atoms with Gasteiger partial charge in [0.05, 0.1) is 11.7 Å². The van der Waals surface area contributed by atoms with Crippen molar-refractivity contribution in [2.45, 2.75) is 89.8 Å². The maximum atomic E-state index is 10.3. The average molecular weight is 312 g/mol. The van der Waals surface area contributed by atoms with E-state index in [4.69, 9.17) is 0 Å². The van der Waals surface area contributed by atoms with E-state index in [2.05, 4.69) is 4.90 Å². The van der Waals surface area contributed by atoms with Gasteiger partial charge in [-0.1, -0.05) is 38.5 Å². The molecule has 2 N–H and O–H groups in total. The summed E-state index contributed by atoms with van der Waals surface area (Å²) >= 11 is 0. The smallest absolute Gasteiger partial charge is 0.0948 e. The van der Waals surface area contributed by atoms with Gasteiger partial charge in [0.25, 0.3) is 0 Å². The molecule has 0 aliphatic heterocycles. The summed E-state index contributed by atoms with van der Waals surface area (Å²) in [5, 5.41) is 20.4. The van der Waals surface area contributed by atoms with Crippen LogP contribution in [0.2, 0.25) is 0 Å². The molecule has 1 atom stereocenters. The van der Waals surface area contributed by atoms with Gasteiger partial charge in [-0.05, 0) is 51.4 Å². The summed E-state index contributed by atoms with van der Waals surface area (Å²) in [5.41, 5.74) is -1.00. The number of rotatable bonds is 7. The quantitative estimate of drug-likeness (QED) is 0.755. The monoisotopic (exact) mass is 311 g/mol. The van der Waals surface area contributed by atoms with Gasteiger partial charge in [-0.15, -0.1) is 0 Å². The first kappa shape index (κ1) is 18.2. The van der Waals surface area contributed by atoms with E-state index in [-0.39, 0.29) is 0 Å². The molecule has 130 valence electrons. The Morgan fingerprint density at radius 1 is 0.864 bits per heavy atom. The second-order valence-electron chi connectivity index (χ2n) is 8.40. The summed E-state index contributed by atoms with van der Waals surface area (Å²) in [4.78, 5) is 2.47. The Hall–Kier alpha value is -0.120. The lowest BCUT2D eigenvalue weighted by molar-refractivity contribution is -0.0654. The van der Waals surface area contributed by atoms with Gasteiger partial charge in [0.1, 0.15) is 0 Å². The van der Waals surface area contributed by atoms with E-state index in [1.54, 1.807) is 13.8 Å². The SMILES string of the molecule is CC(C)(O)C(O)CN(CC1CCCCC1)CC1CCCCC1. The molecular formula is C19H37NO2. The highest BCUT2D eigenvalue weighted by molar-refractivity contribution is 4.82. The molecule has 3 heteroatoms. The van der Waals surface area contributed by atoms with Crippen molar-refractivity contribution >= 4 is 0 Å². The molecule has 0 saturated heterocycles. The maximum Gasteiger partial charge on any atom is 0.0948 e. The second kappa shape index (κ2) is 8.65. The molecule has 3 nitrogen and oxygen atoms in total. The Labute approximate surface area is 137 Å². The molecule has 0 bridgehead atoms. The molecular weight excluding hydrogens is 274 g/mol. The van der Waals surface area contributed by atoms with Crippen molar-refractivity contribution in [3.05, 3.63) is 0 Å². The number of hydrogen-bond donors (Lipinski definition) is 2. The highest BCUT2D eigenvalue weighted by atomic mass is 16.3. The minimum atomic E-state index is -1.00. The van der Waals surface area contributed by atoms with Crippen LogP contribution in [0.25, 0.3) is 0 Å². The number of hydrogen-bond acceptors (Lipinski definition) is 3. The fourth-order valence-corrected chi connectivity index (χ4v) is 4.16. The highest BCUT2D eigenvalue weighted by Gasteiger charge is 2.29. The van der Waals surface area contributed by atoms with Crippen LogP contribution in [0.15, 0.2) is 0 Å². The summed E-state index contributed by atoms with van der Waals surface area (Å²) in [5.74, 6) is 1.60. The first-order valence-corrected chi connectivity index (χ1v) is 9.58. The molecule has 0 amide bonds. The van der Waals surface area contributed by atoms with E-state index in [9.17, 15) is 10.2 Å². The zero-order valence-electron chi connectivity index (χ0n) is 14.8. The zero-order valence-corrected chi connectivity index (χ0v) is 14.8. The minimum absolute atomic E-state index is 0.622. The third kappa shape index (κ3) is 6.17. The molecule has 1 unspecified atom stereocenters. The van der Waals surface area contributed by atoms with Gasteiger partial charge < -0.3 is 15.1 Å². The molecule has 2 aliphatic rings. The number of aliphatic hydroxyl groups is 2. The van der Waals surface area contributed by atoms with E-state index in [0.29, 0.717) is 6.54 Å². The van der Waals surface area contributed by atoms with Crippen LogP contribution in [0, 0.1) is 11.8 Å². The number of nitrogens with zero attached hydrogens (tertiary/aromatic N) is 1. The lowest BCUT2D eigenvalue weighted by atomic mass is 9.86. The van der Waals surface area contributed by atoms with Crippen LogP contribution < -0.4 is 0 Å². The zero-order chi connectivity index (χ0) is 16.0. The normalized spacial score (nSPS) is 23.9. The van der Waals surface area contributed by atoms with Crippen LogP contribution >= 0.6 is 0 Å². The van der Waals surface area contributed by atoms with E-state index in [0.717, 1.165) is 24.9 Å². The highest BCUT2D eigenvalue weighted by Crippen LogP contribution is 2.28. The standard InChI is InChI=1S/C19H37NO2/c1-19(2,22)18(21)15-20(13-16-9-5-3-6-10-16)14-17-11-7-4-8-12-17/h16-18,21-22H,3-15H2,1-2H3. The predicted molar refractivity (Wildman–Crippen MR) is 91.9 cm³/mol. The van der Waals surface area contributed by atoms with Gasteiger partial charge >= 0.3 is 0 Å². The molecule has 0 radical (unpaired) electrons. The van der Waals surface area contributed by atoms with Gasteiger partial charge in [0.15, 0.2) is 0 Å². The average Bonchev–Trinajstić information content (AvgIpc) is 2.48. The van der Waals surface area contributed by atoms with Crippen LogP contribution in [0.1, 0.15) is 78.1 Å². The third-order valence-corrected chi connectivity index (χ3v) is 5.73. The maximum absolute atomic E-state index is 10.3. The van der Waals surface area contributed by atoms with E-state index >= 15 is 0 Å². The van der Waals surface area contributed by atoms with Gasteiger partial charge in [-0.2, -0.15) is 0 Å². The molecule has 2 rings (SSSR count). The molecule has 22 heavy (non-hydrogen) atoms. The van der Waals surface area contributed by atoms with Crippen molar-refractivity contribution in [1.29, 1.82) is 0 Å². The second-order valence-corrected chi connectivity index (χ2v) is 8.40. The fraction of sp³-hybridized carbons (Fsp3) is 1.00. The van der Waals surface area contributed by atoms with Crippen LogP contribution in [-0.2, 0) is 0 Å². The molecule has 0 aromatic carbocycles. The predicted octanol–water partition coefficient (Wildman–Crippen LogP) is 3.58. The molecule has 0 spiro atoms. The lowest BCUT2D eigenvalue weighted by Crippen LogP contribution is -2.47. The van der Waals surface area contributed by atoms with Gasteiger partial charge in [-0.25, -0.2) is 0 Å². The molecule has 2 saturated carbocycles. The van der Waals surface area contributed by atoms with Crippen LogP contribution in [0.5, 0.6) is 0 Å². The molecule has 2 fully saturated rings. The van der Waals surface area contributed by atoms with Crippen LogP contribution in [-0.4, -0.2) is 46.5 Å². The largest absolute Gasteiger partial charge is 0.389 e. The van der Waals surface area contributed by atoms with Crippen molar-refractivity contribution in [2.75, 3.05) is 19.6 Å². The van der Waals surface area contributed by atoms with Gasteiger partial charge in [0.2, 0.25) is 0 Å².